The van der Waals surface area contributed by atoms with Crippen molar-refractivity contribution in [2.75, 3.05) is 5.73 Å². The quantitative estimate of drug-likeness (QED) is 0.843. The van der Waals surface area contributed by atoms with Crippen molar-refractivity contribution in [2.24, 2.45) is 11.8 Å². The van der Waals surface area contributed by atoms with Crippen LogP contribution in [0.15, 0.2) is 17.0 Å². The number of anilines is 1. The highest BCUT2D eigenvalue weighted by molar-refractivity contribution is 7.89. The summed E-state index contributed by atoms with van der Waals surface area (Å²) in [5.41, 5.74) is 5.79. The zero-order valence-electron chi connectivity index (χ0n) is 12.7. The Morgan fingerprint density at radius 2 is 1.95 bits per heavy atom. The lowest BCUT2D eigenvalue weighted by Gasteiger charge is -2.34. The number of nitrogens with two attached hydrogens (primary N) is 1. The third kappa shape index (κ3) is 3.37. The Labute approximate surface area is 126 Å². The maximum atomic E-state index is 13.7. The van der Waals surface area contributed by atoms with Crippen molar-refractivity contribution in [3.63, 3.8) is 0 Å². The molecule has 21 heavy (non-hydrogen) atoms. The van der Waals surface area contributed by atoms with Gasteiger partial charge in [0.25, 0.3) is 0 Å². The van der Waals surface area contributed by atoms with E-state index in [-0.39, 0.29) is 28.1 Å². The molecule has 0 saturated heterocycles. The van der Waals surface area contributed by atoms with Gasteiger partial charge in [-0.15, -0.1) is 0 Å². The lowest BCUT2D eigenvalue weighted by atomic mass is 9.78. The number of nitrogen functional groups attached to an aromatic ring is 1. The zero-order chi connectivity index (χ0) is 15.8. The van der Waals surface area contributed by atoms with Crippen LogP contribution < -0.4 is 10.5 Å². The zero-order valence-corrected chi connectivity index (χ0v) is 13.5. The molecule has 3 unspecified atom stereocenters. The standard InChI is InChI=1S/C15H23FN2O2S/c1-9-5-4-6-14(10(9)2)18-21(19,20)15-8-12(17)7-13(16)11(15)3/h7-10,14,18H,4-6,17H2,1-3H3. The van der Waals surface area contributed by atoms with Crippen molar-refractivity contribution < 1.29 is 12.8 Å². The number of rotatable bonds is 3. The Morgan fingerprint density at radius 3 is 2.62 bits per heavy atom. The van der Waals surface area contributed by atoms with Crippen LogP contribution in [0.4, 0.5) is 10.1 Å². The van der Waals surface area contributed by atoms with Crippen LogP contribution in [0.5, 0.6) is 0 Å². The van der Waals surface area contributed by atoms with Gasteiger partial charge in [-0.25, -0.2) is 17.5 Å². The smallest absolute Gasteiger partial charge is 0.241 e. The van der Waals surface area contributed by atoms with Crippen LogP contribution in [-0.2, 0) is 10.0 Å². The number of halogens is 1. The molecule has 1 aliphatic rings. The highest BCUT2D eigenvalue weighted by atomic mass is 32.2. The molecule has 118 valence electrons. The molecule has 1 aliphatic carbocycles. The van der Waals surface area contributed by atoms with Crippen molar-refractivity contribution in [3.8, 4) is 0 Å². The largest absolute Gasteiger partial charge is 0.399 e. The second kappa shape index (κ2) is 5.93. The number of nitrogens with one attached hydrogen (secondary N) is 1. The minimum absolute atomic E-state index is 0.0644. The Bertz CT molecular complexity index is 631. The molecule has 0 radical (unpaired) electrons. The van der Waals surface area contributed by atoms with Gasteiger partial charge in [0.05, 0.1) is 4.90 Å². The summed E-state index contributed by atoms with van der Waals surface area (Å²) in [7, 11) is -3.76. The molecule has 3 N–H and O–H groups in total. The molecule has 1 saturated carbocycles. The molecule has 0 bridgehead atoms. The summed E-state index contributed by atoms with van der Waals surface area (Å²) < 4.78 is 41.5. The molecular weight excluding hydrogens is 291 g/mol. The summed E-state index contributed by atoms with van der Waals surface area (Å²) in [5, 5.41) is 0. The summed E-state index contributed by atoms with van der Waals surface area (Å²) in [6.07, 6.45) is 2.93. The number of hydrogen-bond donors (Lipinski definition) is 2. The second-order valence-electron chi connectivity index (χ2n) is 6.12. The van der Waals surface area contributed by atoms with Crippen LogP contribution in [0.3, 0.4) is 0 Å². The van der Waals surface area contributed by atoms with Gasteiger partial charge in [-0.05, 0) is 37.3 Å². The molecule has 3 atom stereocenters. The summed E-state index contributed by atoms with van der Waals surface area (Å²) in [4.78, 5) is -0.0644. The normalized spacial score (nSPS) is 26.8. The fourth-order valence-corrected chi connectivity index (χ4v) is 4.61. The Hall–Kier alpha value is -1.14. The highest BCUT2D eigenvalue weighted by Gasteiger charge is 2.31. The van der Waals surface area contributed by atoms with Crippen LogP contribution in [-0.4, -0.2) is 14.5 Å². The van der Waals surface area contributed by atoms with Crippen molar-refractivity contribution in [2.45, 2.75) is 51.0 Å². The lowest BCUT2D eigenvalue weighted by Crippen LogP contribution is -2.43. The fraction of sp³-hybridized carbons (Fsp3) is 0.600. The molecule has 1 fully saturated rings. The van der Waals surface area contributed by atoms with Gasteiger partial charge in [0.2, 0.25) is 10.0 Å². The summed E-state index contributed by atoms with van der Waals surface area (Å²) in [6, 6.07) is 2.35. The van der Waals surface area contributed by atoms with Gasteiger partial charge in [-0.2, -0.15) is 0 Å². The van der Waals surface area contributed by atoms with Crippen molar-refractivity contribution >= 4 is 15.7 Å². The SMILES string of the molecule is Cc1c(F)cc(N)cc1S(=O)(=O)NC1CCCC(C)C1C. The first-order valence-electron chi connectivity index (χ1n) is 7.30. The molecule has 1 aromatic carbocycles. The average molecular weight is 314 g/mol. The Morgan fingerprint density at radius 1 is 1.29 bits per heavy atom. The fourth-order valence-electron chi connectivity index (χ4n) is 2.96. The first kappa shape index (κ1) is 16.2. The van der Waals surface area contributed by atoms with Crippen LogP contribution in [0.2, 0.25) is 0 Å². The summed E-state index contributed by atoms with van der Waals surface area (Å²) in [5.74, 6) is 0.144. The van der Waals surface area contributed by atoms with E-state index in [1.165, 1.54) is 13.0 Å². The molecule has 0 aliphatic heterocycles. The maximum absolute atomic E-state index is 13.7. The van der Waals surface area contributed by atoms with Crippen molar-refractivity contribution in [3.05, 3.63) is 23.5 Å². The first-order chi connectivity index (χ1) is 9.72. The first-order valence-corrected chi connectivity index (χ1v) is 8.78. The molecular formula is C15H23FN2O2S. The topological polar surface area (TPSA) is 72.2 Å². The monoisotopic (exact) mass is 314 g/mol. The number of benzene rings is 1. The average Bonchev–Trinajstić information content (AvgIpc) is 2.39. The van der Waals surface area contributed by atoms with E-state index >= 15 is 0 Å². The lowest BCUT2D eigenvalue weighted by molar-refractivity contribution is 0.227. The molecule has 0 spiro atoms. The molecule has 0 aromatic heterocycles. The minimum Gasteiger partial charge on any atom is -0.399 e. The molecule has 1 aromatic rings. The van der Waals surface area contributed by atoms with Gasteiger partial charge in [-0.3, -0.25) is 0 Å². The van der Waals surface area contributed by atoms with Gasteiger partial charge < -0.3 is 5.73 Å². The molecule has 4 nitrogen and oxygen atoms in total. The van der Waals surface area contributed by atoms with E-state index < -0.39 is 15.8 Å². The van der Waals surface area contributed by atoms with Gasteiger partial charge in [0, 0.05) is 17.3 Å². The van der Waals surface area contributed by atoms with Crippen molar-refractivity contribution in [1.29, 1.82) is 0 Å². The molecule has 6 heteroatoms. The summed E-state index contributed by atoms with van der Waals surface area (Å²) >= 11 is 0. The van der Waals surface area contributed by atoms with Gasteiger partial charge >= 0.3 is 0 Å². The maximum Gasteiger partial charge on any atom is 0.241 e. The predicted octanol–water partition coefficient (Wildman–Crippen LogP) is 2.82. The number of hydrogen-bond acceptors (Lipinski definition) is 3. The van der Waals surface area contributed by atoms with Gasteiger partial charge in [0.1, 0.15) is 5.82 Å². The van der Waals surface area contributed by atoms with E-state index in [9.17, 15) is 12.8 Å². The third-order valence-corrected chi connectivity index (χ3v) is 6.24. The molecule has 0 heterocycles. The van der Waals surface area contributed by atoms with E-state index in [1.807, 2.05) is 0 Å². The van der Waals surface area contributed by atoms with Crippen LogP contribution in [0, 0.1) is 24.6 Å². The van der Waals surface area contributed by atoms with Gasteiger partial charge in [0.15, 0.2) is 0 Å². The highest BCUT2D eigenvalue weighted by Crippen LogP contribution is 2.31. The van der Waals surface area contributed by atoms with Crippen molar-refractivity contribution in [1.82, 2.24) is 4.72 Å². The van der Waals surface area contributed by atoms with E-state index in [1.54, 1.807) is 0 Å². The third-order valence-electron chi connectivity index (χ3n) is 4.62. The summed E-state index contributed by atoms with van der Waals surface area (Å²) in [6.45, 7) is 5.65. The second-order valence-corrected chi connectivity index (χ2v) is 7.80. The molecule has 0 amide bonds. The van der Waals surface area contributed by atoms with E-state index in [2.05, 4.69) is 18.6 Å². The van der Waals surface area contributed by atoms with E-state index in [0.29, 0.717) is 5.92 Å². The minimum atomic E-state index is -3.76. The van der Waals surface area contributed by atoms with Gasteiger partial charge in [-0.1, -0.05) is 26.7 Å². The van der Waals surface area contributed by atoms with Crippen LogP contribution in [0.1, 0.15) is 38.7 Å². The Kier molecular flexibility index (Phi) is 4.58. The Balaban J connectivity index is 2.31. The van der Waals surface area contributed by atoms with E-state index in [0.717, 1.165) is 25.3 Å². The van der Waals surface area contributed by atoms with Crippen LogP contribution in [0.25, 0.3) is 0 Å². The predicted molar refractivity (Wildman–Crippen MR) is 81.8 cm³/mol. The number of sulfonamides is 1. The van der Waals surface area contributed by atoms with E-state index in [4.69, 9.17) is 5.73 Å². The molecule has 2 rings (SSSR count). The van der Waals surface area contributed by atoms with Crippen LogP contribution >= 0.6 is 0 Å².